The summed E-state index contributed by atoms with van der Waals surface area (Å²) in [6, 6.07) is 1.41. The molecule has 1 saturated carbocycles. The van der Waals surface area contributed by atoms with Crippen LogP contribution in [-0.2, 0) is 0 Å². The van der Waals surface area contributed by atoms with Crippen LogP contribution in [0, 0.1) is 5.92 Å². The van der Waals surface area contributed by atoms with Gasteiger partial charge >= 0.3 is 5.97 Å². The van der Waals surface area contributed by atoms with Crippen molar-refractivity contribution < 1.29 is 9.90 Å². The van der Waals surface area contributed by atoms with Gasteiger partial charge in [0, 0.05) is 11.7 Å². The van der Waals surface area contributed by atoms with Crippen LogP contribution in [0.5, 0.6) is 0 Å². The Balaban J connectivity index is 2.27. The SMILES string of the molecule is CC(C)(Nc1nccc(C(=O)O)c1N)C1CC1. The van der Waals surface area contributed by atoms with E-state index in [9.17, 15) is 4.79 Å². The Kier molecular flexibility index (Phi) is 2.69. The average Bonchev–Trinajstić information content (AvgIpc) is 3.03. The number of nitrogen functional groups attached to an aromatic ring is 1. The second-order valence-corrected chi connectivity index (χ2v) is 5.05. The van der Waals surface area contributed by atoms with Crippen LogP contribution in [0.15, 0.2) is 12.3 Å². The van der Waals surface area contributed by atoms with E-state index in [1.807, 2.05) is 0 Å². The van der Waals surface area contributed by atoms with Gasteiger partial charge in [0.1, 0.15) is 5.82 Å². The van der Waals surface area contributed by atoms with E-state index < -0.39 is 5.97 Å². The van der Waals surface area contributed by atoms with Gasteiger partial charge < -0.3 is 16.2 Å². The van der Waals surface area contributed by atoms with Gasteiger partial charge in [-0.3, -0.25) is 0 Å². The van der Waals surface area contributed by atoms with E-state index in [0.717, 1.165) is 0 Å². The maximum absolute atomic E-state index is 11.0. The highest BCUT2D eigenvalue weighted by Crippen LogP contribution is 2.41. The van der Waals surface area contributed by atoms with Crippen LogP contribution in [0.1, 0.15) is 37.0 Å². The minimum atomic E-state index is -1.03. The molecule has 1 aromatic rings. The third-order valence-electron chi connectivity index (χ3n) is 3.26. The molecular formula is C12H17N3O2. The smallest absolute Gasteiger partial charge is 0.337 e. The summed E-state index contributed by atoms with van der Waals surface area (Å²) in [4.78, 5) is 15.1. The van der Waals surface area contributed by atoms with Crippen molar-refractivity contribution in [2.75, 3.05) is 11.1 Å². The summed E-state index contributed by atoms with van der Waals surface area (Å²) < 4.78 is 0. The lowest BCUT2D eigenvalue weighted by atomic mass is 9.98. The number of rotatable bonds is 4. The summed E-state index contributed by atoms with van der Waals surface area (Å²) >= 11 is 0. The van der Waals surface area contributed by atoms with Crippen LogP contribution >= 0.6 is 0 Å². The Morgan fingerprint density at radius 2 is 2.24 bits per heavy atom. The maximum atomic E-state index is 11.0. The monoisotopic (exact) mass is 235 g/mol. The Labute approximate surface area is 100 Å². The van der Waals surface area contributed by atoms with Gasteiger partial charge in [0.05, 0.1) is 11.3 Å². The first-order chi connectivity index (χ1) is 7.92. The molecule has 1 fully saturated rings. The summed E-state index contributed by atoms with van der Waals surface area (Å²) in [5.41, 5.74) is 6.00. The topological polar surface area (TPSA) is 88.2 Å². The summed E-state index contributed by atoms with van der Waals surface area (Å²) in [6.07, 6.45) is 3.85. The van der Waals surface area contributed by atoms with Gasteiger partial charge in [-0.1, -0.05) is 0 Å². The van der Waals surface area contributed by atoms with E-state index in [0.29, 0.717) is 11.7 Å². The number of nitrogens with two attached hydrogens (primary N) is 1. The van der Waals surface area contributed by atoms with Gasteiger partial charge in [-0.15, -0.1) is 0 Å². The number of aromatic nitrogens is 1. The Morgan fingerprint density at radius 1 is 1.59 bits per heavy atom. The largest absolute Gasteiger partial charge is 0.478 e. The molecule has 4 N–H and O–H groups in total. The number of carboxylic acids is 1. The molecule has 5 nitrogen and oxygen atoms in total. The number of aromatic carboxylic acids is 1. The van der Waals surface area contributed by atoms with E-state index in [1.165, 1.54) is 25.1 Å². The normalized spacial score (nSPS) is 15.6. The van der Waals surface area contributed by atoms with Crippen LogP contribution in [0.4, 0.5) is 11.5 Å². The molecule has 1 aliphatic rings. The highest BCUT2D eigenvalue weighted by atomic mass is 16.4. The second-order valence-electron chi connectivity index (χ2n) is 5.05. The van der Waals surface area contributed by atoms with Crippen molar-refractivity contribution in [2.24, 2.45) is 5.92 Å². The minimum absolute atomic E-state index is 0.0918. The molecule has 1 aromatic heterocycles. The average molecular weight is 235 g/mol. The molecule has 0 aromatic carbocycles. The zero-order valence-corrected chi connectivity index (χ0v) is 10.0. The molecule has 0 spiro atoms. The number of nitrogens with zero attached hydrogens (tertiary/aromatic N) is 1. The number of carboxylic acid groups (broad SMARTS) is 1. The third kappa shape index (κ3) is 2.33. The molecule has 17 heavy (non-hydrogen) atoms. The Bertz CT molecular complexity index is 453. The van der Waals surface area contributed by atoms with Gasteiger partial charge in [-0.25, -0.2) is 9.78 Å². The highest BCUT2D eigenvalue weighted by Gasteiger charge is 2.38. The van der Waals surface area contributed by atoms with Crippen LogP contribution < -0.4 is 11.1 Å². The number of hydrogen-bond acceptors (Lipinski definition) is 4. The fourth-order valence-corrected chi connectivity index (χ4v) is 1.97. The second kappa shape index (κ2) is 3.91. The van der Waals surface area contributed by atoms with Gasteiger partial charge in [-0.05, 0) is 38.7 Å². The van der Waals surface area contributed by atoms with Crippen LogP contribution in [0.25, 0.3) is 0 Å². The van der Waals surface area contributed by atoms with Gasteiger partial charge in [0.15, 0.2) is 0 Å². The first-order valence-corrected chi connectivity index (χ1v) is 5.68. The number of carbonyl (C=O) groups is 1. The quantitative estimate of drug-likeness (QED) is 0.742. The summed E-state index contributed by atoms with van der Waals surface area (Å²) in [6.45, 7) is 4.17. The fraction of sp³-hybridized carbons (Fsp3) is 0.500. The van der Waals surface area contributed by atoms with E-state index in [-0.39, 0.29) is 16.8 Å². The molecule has 0 saturated heterocycles. The lowest BCUT2D eigenvalue weighted by Crippen LogP contribution is -2.34. The zero-order chi connectivity index (χ0) is 12.6. The molecule has 0 amide bonds. The van der Waals surface area contributed by atoms with Gasteiger partial charge in [0.2, 0.25) is 0 Å². The zero-order valence-electron chi connectivity index (χ0n) is 10.0. The molecule has 1 heterocycles. The van der Waals surface area contributed by atoms with E-state index in [4.69, 9.17) is 10.8 Å². The molecule has 0 bridgehead atoms. The molecule has 92 valence electrons. The van der Waals surface area contributed by atoms with Crippen LogP contribution in [0.2, 0.25) is 0 Å². The van der Waals surface area contributed by atoms with E-state index >= 15 is 0 Å². The first-order valence-electron chi connectivity index (χ1n) is 5.68. The summed E-state index contributed by atoms with van der Waals surface area (Å²) in [5.74, 6) is 0.0381. The molecule has 0 aliphatic heterocycles. The van der Waals surface area contributed by atoms with Crippen molar-refractivity contribution in [3.05, 3.63) is 17.8 Å². The number of hydrogen-bond donors (Lipinski definition) is 3. The first kappa shape index (κ1) is 11.7. The maximum Gasteiger partial charge on any atom is 0.337 e. The van der Waals surface area contributed by atoms with Gasteiger partial charge in [-0.2, -0.15) is 0 Å². The highest BCUT2D eigenvalue weighted by molar-refractivity contribution is 5.96. The van der Waals surface area contributed by atoms with Crippen molar-refractivity contribution >= 4 is 17.5 Å². The van der Waals surface area contributed by atoms with Crippen molar-refractivity contribution in [1.82, 2.24) is 4.98 Å². The molecule has 2 rings (SSSR count). The molecule has 0 radical (unpaired) electrons. The fourth-order valence-electron chi connectivity index (χ4n) is 1.97. The number of anilines is 2. The van der Waals surface area contributed by atoms with Crippen molar-refractivity contribution in [1.29, 1.82) is 0 Å². The number of nitrogens with one attached hydrogen (secondary N) is 1. The van der Waals surface area contributed by atoms with E-state index in [1.54, 1.807) is 0 Å². The Hall–Kier alpha value is -1.78. The summed E-state index contributed by atoms with van der Waals surface area (Å²) in [5, 5.41) is 12.2. The predicted octanol–water partition coefficient (Wildman–Crippen LogP) is 1.96. The van der Waals surface area contributed by atoms with Gasteiger partial charge in [0.25, 0.3) is 0 Å². The third-order valence-corrected chi connectivity index (χ3v) is 3.26. The molecule has 0 unspecified atom stereocenters. The van der Waals surface area contributed by atoms with Crippen molar-refractivity contribution in [3.8, 4) is 0 Å². The lowest BCUT2D eigenvalue weighted by Gasteiger charge is -2.27. The lowest BCUT2D eigenvalue weighted by molar-refractivity contribution is 0.0698. The molecule has 1 aliphatic carbocycles. The molecular weight excluding hydrogens is 218 g/mol. The predicted molar refractivity (Wildman–Crippen MR) is 66.0 cm³/mol. The summed E-state index contributed by atoms with van der Waals surface area (Å²) in [7, 11) is 0. The molecule has 0 atom stereocenters. The van der Waals surface area contributed by atoms with E-state index in [2.05, 4.69) is 24.1 Å². The van der Waals surface area contributed by atoms with Crippen molar-refractivity contribution in [2.45, 2.75) is 32.2 Å². The number of pyridine rings is 1. The molecule has 5 heteroatoms. The Morgan fingerprint density at radius 3 is 2.76 bits per heavy atom. The van der Waals surface area contributed by atoms with Crippen LogP contribution in [0.3, 0.4) is 0 Å². The van der Waals surface area contributed by atoms with Crippen molar-refractivity contribution in [3.63, 3.8) is 0 Å². The standard InChI is InChI=1S/C12H17N3O2/c1-12(2,7-3-4-7)15-10-9(13)8(11(16)17)5-6-14-10/h5-7H,3-4,13H2,1-2H3,(H,14,15)(H,16,17). The van der Waals surface area contributed by atoms with Crippen LogP contribution in [-0.4, -0.2) is 21.6 Å². The minimum Gasteiger partial charge on any atom is -0.478 e.